The zero-order chi connectivity index (χ0) is 63.7. The summed E-state index contributed by atoms with van der Waals surface area (Å²) in [5.74, 6) is -0.161. The summed E-state index contributed by atoms with van der Waals surface area (Å²) in [6, 6.07) is -0.807. The maximum absolute atomic E-state index is 13.1. The molecule has 0 aromatic heterocycles. The van der Waals surface area contributed by atoms with Crippen molar-refractivity contribution in [1.29, 1.82) is 0 Å². The molecule has 1 amide bonds. The third-order valence-electron chi connectivity index (χ3n) is 18.6. The van der Waals surface area contributed by atoms with Crippen LogP contribution >= 0.6 is 0 Å². The van der Waals surface area contributed by atoms with Crippen LogP contribution in [0.15, 0.2) is 24.3 Å². The summed E-state index contributed by atoms with van der Waals surface area (Å²) in [5.41, 5.74) is 0. The van der Waals surface area contributed by atoms with Gasteiger partial charge in [0.15, 0.2) is 6.29 Å². The number of amides is 1. The lowest BCUT2D eigenvalue weighted by Gasteiger charge is -2.40. The van der Waals surface area contributed by atoms with Gasteiger partial charge in [-0.15, -0.1) is 0 Å². The molecule has 6 N–H and O–H groups in total. The minimum Gasteiger partial charge on any atom is -0.466 e. The fourth-order valence-corrected chi connectivity index (χ4v) is 12.5. The number of aliphatic hydroxyl groups excluding tert-OH is 5. The van der Waals surface area contributed by atoms with E-state index in [2.05, 4.69) is 31.3 Å². The van der Waals surface area contributed by atoms with Crippen LogP contribution in [-0.2, 0) is 23.8 Å². The van der Waals surface area contributed by atoms with E-state index in [1.165, 1.54) is 315 Å². The third kappa shape index (κ3) is 54.7. The number of hydrogen-bond acceptors (Lipinski definition) is 10. The van der Waals surface area contributed by atoms with Crippen LogP contribution in [0.2, 0.25) is 0 Å². The first-order valence-electron chi connectivity index (χ1n) is 38.6. The minimum absolute atomic E-state index is 0.0149. The Morgan fingerprint density at radius 1 is 0.409 bits per heavy atom. The average molecular weight is 1250 g/mol. The Bertz CT molecular complexity index is 1510. The number of rotatable bonds is 69. The van der Waals surface area contributed by atoms with Gasteiger partial charge in [0.05, 0.1) is 32.0 Å². The first kappa shape index (κ1) is 84.2. The summed E-state index contributed by atoms with van der Waals surface area (Å²) >= 11 is 0. The lowest BCUT2D eigenvalue weighted by Crippen LogP contribution is -2.60. The molecule has 7 unspecified atom stereocenters. The first-order chi connectivity index (χ1) is 43.2. The molecule has 7 atom stereocenters. The molecule has 1 saturated heterocycles. The average Bonchev–Trinajstić information content (AvgIpc) is 3.33. The second-order valence-electron chi connectivity index (χ2n) is 27.1. The quantitative estimate of drug-likeness (QED) is 0.0195. The van der Waals surface area contributed by atoms with Crippen molar-refractivity contribution in [3.8, 4) is 0 Å². The molecule has 0 aromatic carbocycles. The summed E-state index contributed by atoms with van der Waals surface area (Å²) in [5, 5.41) is 54.6. The van der Waals surface area contributed by atoms with E-state index >= 15 is 0 Å². The van der Waals surface area contributed by atoms with Gasteiger partial charge in [0, 0.05) is 12.8 Å². The summed E-state index contributed by atoms with van der Waals surface area (Å²) in [7, 11) is 0. The minimum atomic E-state index is -1.57. The highest BCUT2D eigenvalue weighted by Gasteiger charge is 2.44. The monoisotopic (exact) mass is 1250 g/mol. The van der Waals surface area contributed by atoms with Crippen LogP contribution in [-0.4, -0.2) is 100 Å². The molecule has 1 aliphatic rings. The molecule has 1 fully saturated rings. The van der Waals surface area contributed by atoms with Gasteiger partial charge in [-0.2, -0.15) is 0 Å². The van der Waals surface area contributed by atoms with E-state index in [4.69, 9.17) is 14.2 Å². The van der Waals surface area contributed by atoms with Crippen LogP contribution in [0.4, 0.5) is 0 Å². The Morgan fingerprint density at radius 3 is 1.09 bits per heavy atom. The smallest absolute Gasteiger partial charge is 0.305 e. The van der Waals surface area contributed by atoms with Crippen LogP contribution in [0, 0.1) is 0 Å². The van der Waals surface area contributed by atoms with Crippen LogP contribution in [0.5, 0.6) is 0 Å². The molecule has 0 spiro atoms. The molecule has 0 aliphatic carbocycles. The molecular weight excluding hydrogens is 1100 g/mol. The van der Waals surface area contributed by atoms with Gasteiger partial charge < -0.3 is 45.1 Å². The number of carbonyl (C=O) groups excluding carboxylic acids is 2. The van der Waals surface area contributed by atoms with Gasteiger partial charge in [-0.1, -0.05) is 346 Å². The predicted molar refractivity (Wildman–Crippen MR) is 371 cm³/mol. The SMILES string of the molecule is CCCCCCCCCCCCC/C=C/C(O)C(COC1OC(CO)C(O)C(O)C1O)NC(=O)CCCCCCCCCCCCCCCCCCC/C=C\CCCCCCCCCCCCCCCCOC(=O)CCCCCCCCCCCCCC. The van der Waals surface area contributed by atoms with Crippen molar-refractivity contribution in [3.63, 3.8) is 0 Å². The van der Waals surface area contributed by atoms with Crippen molar-refractivity contribution < 1.29 is 49.3 Å². The van der Waals surface area contributed by atoms with E-state index in [0.717, 1.165) is 51.4 Å². The van der Waals surface area contributed by atoms with E-state index in [1.54, 1.807) is 6.08 Å². The standard InChI is InChI=1S/C77H147NO10/c1-3-5-7-9-11-13-15-40-43-47-51-55-59-63-70(80)69(68-87-77-76(85)75(84)74(83)71(67-79)88-77)78-72(81)64-60-56-52-48-44-41-38-36-34-32-30-28-26-24-22-20-18-17-19-21-23-25-27-29-31-33-35-37-39-42-46-50-54-58-62-66-86-73(82)65-61-57-53-49-45-16-14-12-10-8-6-4-2/h19,21,59,63,69-71,74-77,79-80,83-85H,3-18,20,22-58,60-62,64-68H2,1-2H3,(H,78,81)/b21-19-,63-59+. The number of allylic oxidation sites excluding steroid dienone is 3. The number of hydrogen-bond donors (Lipinski definition) is 6. The van der Waals surface area contributed by atoms with Gasteiger partial charge in [0.2, 0.25) is 5.91 Å². The topological polar surface area (TPSA) is 175 Å². The third-order valence-corrected chi connectivity index (χ3v) is 18.6. The van der Waals surface area contributed by atoms with Crippen molar-refractivity contribution in [3.05, 3.63) is 24.3 Å². The Balaban J connectivity index is 1.92. The van der Waals surface area contributed by atoms with Crippen molar-refractivity contribution >= 4 is 11.9 Å². The Kier molecular flexibility index (Phi) is 63.7. The maximum atomic E-state index is 13.1. The number of esters is 1. The molecular formula is C77H147NO10. The van der Waals surface area contributed by atoms with Gasteiger partial charge in [0.25, 0.3) is 0 Å². The van der Waals surface area contributed by atoms with Gasteiger partial charge in [-0.3, -0.25) is 9.59 Å². The van der Waals surface area contributed by atoms with Crippen LogP contribution in [0.1, 0.15) is 393 Å². The number of aliphatic hydroxyl groups is 5. The zero-order valence-electron chi connectivity index (χ0n) is 58.0. The van der Waals surface area contributed by atoms with E-state index in [0.29, 0.717) is 19.4 Å². The number of carbonyl (C=O) groups is 2. The molecule has 88 heavy (non-hydrogen) atoms. The van der Waals surface area contributed by atoms with Crippen molar-refractivity contribution in [1.82, 2.24) is 5.32 Å². The molecule has 520 valence electrons. The van der Waals surface area contributed by atoms with E-state index in [1.807, 2.05) is 6.08 Å². The van der Waals surface area contributed by atoms with Crippen molar-refractivity contribution in [2.24, 2.45) is 0 Å². The van der Waals surface area contributed by atoms with Gasteiger partial charge in [-0.05, 0) is 57.8 Å². The maximum Gasteiger partial charge on any atom is 0.305 e. The molecule has 0 bridgehead atoms. The molecule has 0 aromatic rings. The van der Waals surface area contributed by atoms with Crippen LogP contribution in [0.3, 0.4) is 0 Å². The molecule has 1 heterocycles. The lowest BCUT2D eigenvalue weighted by atomic mass is 9.99. The summed E-state index contributed by atoms with van der Waals surface area (Å²) < 4.78 is 16.8. The van der Waals surface area contributed by atoms with E-state index in [9.17, 15) is 35.1 Å². The van der Waals surface area contributed by atoms with Crippen LogP contribution < -0.4 is 5.32 Å². The fourth-order valence-electron chi connectivity index (χ4n) is 12.5. The number of nitrogens with one attached hydrogen (secondary N) is 1. The van der Waals surface area contributed by atoms with Crippen molar-refractivity contribution in [2.75, 3.05) is 19.8 Å². The summed E-state index contributed by atoms with van der Waals surface area (Å²) in [6.07, 6.45) is 74.8. The lowest BCUT2D eigenvalue weighted by molar-refractivity contribution is -0.302. The summed E-state index contributed by atoms with van der Waals surface area (Å²) in [4.78, 5) is 25.1. The molecule has 1 rings (SSSR count). The second kappa shape index (κ2) is 66.6. The molecule has 0 radical (unpaired) electrons. The van der Waals surface area contributed by atoms with E-state index in [-0.39, 0.29) is 18.5 Å². The second-order valence-corrected chi connectivity index (χ2v) is 27.1. The Hall–Kier alpha value is -1.86. The molecule has 11 nitrogen and oxygen atoms in total. The normalized spacial score (nSPS) is 17.8. The van der Waals surface area contributed by atoms with Crippen LogP contribution in [0.25, 0.3) is 0 Å². The number of unbranched alkanes of at least 4 members (excludes halogenated alkanes) is 53. The molecule has 1 aliphatic heterocycles. The van der Waals surface area contributed by atoms with E-state index < -0.39 is 49.5 Å². The molecule has 0 saturated carbocycles. The van der Waals surface area contributed by atoms with Gasteiger partial charge in [0.1, 0.15) is 24.4 Å². The highest BCUT2D eigenvalue weighted by atomic mass is 16.7. The highest BCUT2D eigenvalue weighted by Crippen LogP contribution is 2.24. The zero-order valence-corrected chi connectivity index (χ0v) is 58.0. The van der Waals surface area contributed by atoms with Crippen molar-refractivity contribution in [2.45, 2.75) is 436 Å². The largest absolute Gasteiger partial charge is 0.466 e. The number of ether oxygens (including phenoxy) is 3. The summed E-state index contributed by atoms with van der Waals surface area (Å²) in [6.45, 7) is 4.39. The predicted octanol–water partition coefficient (Wildman–Crippen LogP) is 20.4. The highest BCUT2D eigenvalue weighted by molar-refractivity contribution is 5.76. The van der Waals surface area contributed by atoms with Gasteiger partial charge >= 0.3 is 5.97 Å². The molecule has 11 heteroatoms. The Morgan fingerprint density at radius 2 is 0.727 bits per heavy atom. The first-order valence-corrected chi connectivity index (χ1v) is 38.6. The Labute approximate surface area is 543 Å². The fraction of sp³-hybridized carbons (Fsp3) is 0.922. The van der Waals surface area contributed by atoms with Gasteiger partial charge in [-0.25, -0.2) is 0 Å².